The molecule has 4 heteroatoms. The standard InChI is InChI=1S/C18H34Br2O2/c1-2-3-4-5-7-10-13-16(19)17(20)14-11-8-6-9-12-15-18(21)22/h16-17H,2-15H2,1H3,(H,21,22)/t16-,17+/m0/s1. The minimum atomic E-state index is -0.669. The third kappa shape index (κ3) is 15.3. The Morgan fingerprint density at radius 2 is 1.18 bits per heavy atom. The van der Waals surface area contributed by atoms with E-state index >= 15 is 0 Å². The van der Waals surface area contributed by atoms with Gasteiger partial charge in [0, 0.05) is 16.1 Å². The number of aliphatic carboxylic acids is 1. The summed E-state index contributed by atoms with van der Waals surface area (Å²) in [7, 11) is 0. The van der Waals surface area contributed by atoms with Crippen LogP contribution in [-0.4, -0.2) is 20.7 Å². The molecule has 132 valence electrons. The molecular formula is C18H34Br2O2. The first-order chi connectivity index (χ1) is 10.6. The van der Waals surface area contributed by atoms with Gasteiger partial charge in [-0.15, -0.1) is 0 Å². The molecule has 0 aromatic rings. The lowest BCUT2D eigenvalue weighted by molar-refractivity contribution is -0.137. The quantitative estimate of drug-likeness (QED) is 0.205. The van der Waals surface area contributed by atoms with Gasteiger partial charge in [0.05, 0.1) is 0 Å². The number of halogens is 2. The summed E-state index contributed by atoms with van der Waals surface area (Å²) in [5.41, 5.74) is 0. The van der Waals surface area contributed by atoms with Gasteiger partial charge >= 0.3 is 5.97 Å². The Hall–Kier alpha value is 0.430. The van der Waals surface area contributed by atoms with E-state index in [0.29, 0.717) is 16.1 Å². The summed E-state index contributed by atoms with van der Waals surface area (Å²) in [6.07, 6.45) is 16.5. The van der Waals surface area contributed by atoms with Crippen molar-refractivity contribution in [3.63, 3.8) is 0 Å². The van der Waals surface area contributed by atoms with Gasteiger partial charge in [-0.3, -0.25) is 4.79 Å². The summed E-state index contributed by atoms with van der Waals surface area (Å²) in [5, 5.41) is 8.57. The lowest BCUT2D eigenvalue weighted by Gasteiger charge is -2.16. The molecule has 0 aliphatic heterocycles. The highest BCUT2D eigenvalue weighted by molar-refractivity contribution is 9.12. The van der Waals surface area contributed by atoms with E-state index in [2.05, 4.69) is 38.8 Å². The summed E-state index contributed by atoms with van der Waals surface area (Å²) in [4.78, 5) is 11.6. The average Bonchev–Trinajstić information content (AvgIpc) is 2.49. The van der Waals surface area contributed by atoms with Crippen LogP contribution < -0.4 is 0 Å². The van der Waals surface area contributed by atoms with Crippen molar-refractivity contribution in [3.8, 4) is 0 Å². The maximum Gasteiger partial charge on any atom is 0.303 e. The van der Waals surface area contributed by atoms with Crippen LogP contribution in [0.15, 0.2) is 0 Å². The lowest BCUT2D eigenvalue weighted by atomic mass is 10.0. The van der Waals surface area contributed by atoms with Crippen LogP contribution in [0.4, 0.5) is 0 Å². The largest absolute Gasteiger partial charge is 0.481 e. The Labute approximate surface area is 154 Å². The van der Waals surface area contributed by atoms with Crippen LogP contribution in [0, 0.1) is 0 Å². The number of carboxylic acids is 1. The maximum absolute atomic E-state index is 10.4. The third-order valence-electron chi connectivity index (χ3n) is 4.10. The third-order valence-corrected chi connectivity index (χ3v) is 7.00. The Morgan fingerprint density at radius 1 is 0.773 bits per heavy atom. The molecule has 1 N–H and O–H groups in total. The zero-order valence-electron chi connectivity index (χ0n) is 14.2. The van der Waals surface area contributed by atoms with Crippen molar-refractivity contribution < 1.29 is 9.90 Å². The molecule has 0 spiro atoms. The molecule has 0 aliphatic rings. The van der Waals surface area contributed by atoms with Crippen LogP contribution >= 0.6 is 31.9 Å². The van der Waals surface area contributed by atoms with Gasteiger partial charge in [0.25, 0.3) is 0 Å². The highest BCUT2D eigenvalue weighted by atomic mass is 79.9. The Balaban J connectivity index is 3.38. The van der Waals surface area contributed by atoms with Crippen molar-refractivity contribution in [2.24, 2.45) is 0 Å². The summed E-state index contributed by atoms with van der Waals surface area (Å²) in [5.74, 6) is -0.669. The fourth-order valence-corrected chi connectivity index (χ4v) is 3.80. The molecule has 0 heterocycles. The fraction of sp³-hybridized carbons (Fsp3) is 0.944. The molecular weight excluding hydrogens is 408 g/mol. The van der Waals surface area contributed by atoms with E-state index in [-0.39, 0.29) is 0 Å². The highest BCUT2D eigenvalue weighted by Gasteiger charge is 2.14. The van der Waals surface area contributed by atoms with E-state index in [4.69, 9.17) is 5.11 Å². The van der Waals surface area contributed by atoms with Crippen LogP contribution in [0.3, 0.4) is 0 Å². The second kappa shape index (κ2) is 16.3. The highest BCUT2D eigenvalue weighted by Crippen LogP contribution is 2.25. The smallest absolute Gasteiger partial charge is 0.303 e. The molecule has 0 rings (SSSR count). The molecule has 0 aromatic carbocycles. The Morgan fingerprint density at radius 3 is 1.64 bits per heavy atom. The van der Waals surface area contributed by atoms with Gasteiger partial charge in [-0.2, -0.15) is 0 Å². The van der Waals surface area contributed by atoms with Crippen molar-refractivity contribution in [1.82, 2.24) is 0 Å². The first-order valence-electron chi connectivity index (χ1n) is 9.07. The summed E-state index contributed by atoms with van der Waals surface area (Å²) in [6.45, 7) is 2.26. The number of unbranched alkanes of at least 4 members (excludes halogenated alkanes) is 9. The second-order valence-corrected chi connectivity index (χ2v) is 8.64. The van der Waals surface area contributed by atoms with Crippen molar-refractivity contribution in [1.29, 1.82) is 0 Å². The number of carboxylic acid groups (broad SMARTS) is 1. The molecule has 0 unspecified atom stereocenters. The van der Waals surface area contributed by atoms with Gasteiger partial charge in [-0.25, -0.2) is 0 Å². The van der Waals surface area contributed by atoms with Crippen LogP contribution in [0.5, 0.6) is 0 Å². The fourth-order valence-electron chi connectivity index (χ4n) is 2.63. The molecule has 0 saturated carbocycles. The van der Waals surface area contributed by atoms with E-state index in [1.807, 2.05) is 0 Å². The molecule has 0 amide bonds. The van der Waals surface area contributed by atoms with Crippen molar-refractivity contribution >= 4 is 37.8 Å². The zero-order chi connectivity index (χ0) is 16.6. The molecule has 0 fully saturated rings. The minimum Gasteiger partial charge on any atom is -0.481 e. The van der Waals surface area contributed by atoms with E-state index in [0.717, 1.165) is 19.3 Å². The number of alkyl halides is 2. The minimum absolute atomic E-state index is 0.322. The predicted octanol–water partition coefficient (Wildman–Crippen LogP) is 7.08. The van der Waals surface area contributed by atoms with Gasteiger partial charge in [0.2, 0.25) is 0 Å². The van der Waals surface area contributed by atoms with Gasteiger partial charge in [-0.1, -0.05) is 103 Å². The van der Waals surface area contributed by atoms with E-state index in [1.54, 1.807) is 0 Å². The molecule has 0 saturated heterocycles. The van der Waals surface area contributed by atoms with Crippen LogP contribution in [0.25, 0.3) is 0 Å². The van der Waals surface area contributed by atoms with Gasteiger partial charge in [0.1, 0.15) is 0 Å². The molecule has 2 atom stereocenters. The molecule has 0 bridgehead atoms. The monoisotopic (exact) mass is 440 g/mol. The van der Waals surface area contributed by atoms with Crippen LogP contribution in [0.2, 0.25) is 0 Å². The number of carbonyl (C=O) groups is 1. The topological polar surface area (TPSA) is 37.3 Å². The predicted molar refractivity (Wildman–Crippen MR) is 103 cm³/mol. The Bertz CT molecular complexity index is 259. The number of hydrogen-bond acceptors (Lipinski definition) is 1. The molecule has 0 aromatic heterocycles. The SMILES string of the molecule is CCCCCCCC[C@H](Br)[C@H](Br)CCCCCCCC(=O)O. The van der Waals surface area contributed by atoms with E-state index < -0.39 is 5.97 Å². The molecule has 0 aliphatic carbocycles. The number of rotatable bonds is 16. The molecule has 22 heavy (non-hydrogen) atoms. The van der Waals surface area contributed by atoms with Gasteiger partial charge in [0.15, 0.2) is 0 Å². The van der Waals surface area contributed by atoms with Crippen molar-refractivity contribution in [2.45, 2.75) is 106 Å². The summed E-state index contributed by atoms with van der Waals surface area (Å²) < 4.78 is 0. The molecule has 0 radical (unpaired) electrons. The van der Waals surface area contributed by atoms with Gasteiger partial charge < -0.3 is 5.11 Å². The first kappa shape index (κ1) is 22.4. The second-order valence-electron chi connectivity index (χ2n) is 6.29. The van der Waals surface area contributed by atoms with Crippen molar-refractivity contribution in [3.05, 3.63) is 0 Å². The normalized spacial score (nSPS) is 14.0. The van der Waals surface area contributed by atoms with E-state index in [1.165, 1.54) is 64.2 Å². The Kier molecular flexibility index (Phi) is 16.6. The first-order valence-corrected chi connectivity index (χ1v) is 10.9. The summed E-state index contributed by atoms with van der Waals surface area (Å²) >= 11 is 7.64. The average molecular weight is 442 g/mol. The number of hydrogen-bond donors (Lipinski definition) is 1. The lowest BCUT2D eigenvalue weighted by Crippen LogP contribution is -2.13. The molecule has 2 nitrogen and oxygen atoms in total. The summed E-state index contributed by atoms with van der Waals surface area (Å²) in [6, 6.07) is 0. The maximum atomic E-state index is 10.4. The van der Waals surface area contributed by atoms with Gasteiger partial charge in [-0.05, 0) is 19.3 Å². The van der Waals surface area contributed by atoms with Crippen molar-refractivity contribution in [2.75, 3.05) is 0 Å². The van der Waals surface area contributed by atoms with Crippen LogP contribution in [-0.2, 0) is 4.79 Å². The van der Waals surface area contributed by atoms with E-state index in [9.17, 15) is 4.79 Å². The zero-order valence-corrected chi connectivity index (χ0v) is 17.3. The van der Waals surface area contributed by atoms with Crippen LogP contribution in [0.1, 0.15) is 96.8 Å².